The highest BCUT2D eigenvalue weighted by Gasteiger charge is 2.36. The number of aryl methyl sites for hydroxylation is 2. The van der Waals surface area contributed by atoms with E-state index in [1.807, 2.05) is 18.7 Å². The topological polar surface area (TPSA) is 56.7 Å². The highest BCUT2D eigenvalue weighted by molar-refractivity contribution is 5.11. The molecule has 1 saturated carbocycles. The zero-order chi connectivity index (χ0) is 10.9. The molecule has 0 saturated heterocycles. The van der Waals surface area contributed by atoms with Crippen molar-refractivity contribution in [2.75, 3.05) is 6.54 Å². The van der Waals surface area contributed by atoms with Crippen LogP contribution in [0.15, 0.2) is 0 Å². The molecule has 1 aromatic heterocycles. The van der Waals surface area contributed by atoms with Gasteiger partial charge in [0.05, 0.1) is 0 Å². The Morgan fingerprint density at radius 2 is 2.00 bits per heavy atom. The van der Waals surface area contributed by atoms with E-state index in [-0.39, 0.29) is 5.41 Å². The second-order valence-electron chi connectivity index (χ2n) is 4.65. The molecule has 1 aliphatic carbocycles. The predicted octanol–water partition coefficient (Wildman–Crippen LogP) is 1.28. The van der Waals surface area contributed by atoms with E-state index >= 15 is 0 Å². The zero-order valence-electron chi connectivity index (χ0n) is 9.66. The molecular formula is C11H20N4. The van der Waals surface area contributed by atoms with Gasteiger partial charge in [0.25, 0.3) is 0 Å². The Morgan fingerprint density at radius 3 is 2.47 bits per heavy atom. The van der Waals surface area contributed by atoms with Crippen LogP contribution in [0.3, 0.4) is 0 Å². The molecular weight excluding hydrogens is 188 g/mol. The van der Waals surface area contributed by atoms with Crippen LogP contribution in [0.25, 0.3) is 0 Å². The molecule has 0 bridgehead atoms. The molecule has 0 spiro atoms. The van der Waals surface area contributed by atoms with E-state index in [0.717, 1.165) is 24.5 Å². The number of rotatable bonds is 2. The molecule has 4 nitrogen and oxygen atoms in total. The number of nitrogens with two attached hydrogens (primary N) is 1. The maximum absolute atomic E-state index is 5.97. The third-order valence-electron chi connectivity index (χ3n) is 3.54. The first-order valence-corrected chi connectivity index (χ1v) is 5.76. The van der Waals surface area contributed by atoms with Crippen molar-refractivity contribution >= 4 is 0 Å². The number of hydrogen-bond acceptors (Lipinski definition) is 3. The summed E-state index contributed by atoms with van der Waals surface area (Å²) in [5.41, 5.74) is 6.06. The summed E-state index contributed by atoms with van der Waals surface area (Å²) in [5, 5.41) is 4.33. The molecule has 0 unspecified atom stereocenters. The van der Waals surface area contributed by atoms with E-state index in [2.05, 4.69) is 10.1 Å². The molecule has 2 rings (SSSR count). The van der Waals surface area contributed by atoms with Gasteiger partial charge in [-0.2, -0.15) is 5.10 Å². The average molecular weight is 208 g/mol. The van der Waals surface area contributed by atoms with Gasteiger partial charge in [0.1, 0.15) is 11.6 Å². The van der Waals surface area contributed by atoms with Crippen molar-refractivity contribution in [3.63, 3.8) is 0 Å². The summed E-state index contributed by atoms with van der Waals surface area (Å²) in [6.07, 6.45) is 6.19. The standard InChI is InChI=1S/C11H20N4/c1-9-13-10(15(2)14-9)11(8-12)6-4-3-5-7-11/h3-8,12H2,1-2H3. The molecule has 1 fully saturated rings. The lowest BCUT2D eigenvalue weighted by molar-refractivity contribution is 0.277. The third kappa shape index (κ3) is 1.78. The fourth-order valence-corrected chi connectivity index (χ4v) is 2.72. The maximum Gasteiger partial charge on any atom is 0.147 e. The minimum absolute atomic E-state index is 0.0915. The Hall–Kier alpha value is -0.900. The summed E-state index contributed by atoms with van der Waals surface area (Å²) in [6, 6.07) is 0. The van der Waals surface area contributed by atoms with E-state index in [0.29, 0.717) is 6.54 Å². The van der Waals surface area contributed by atoms with E-state index in [1.54, 1.807) is 0 Å². The first-order valence-electron chi connectivity index (χ1n) is 5.76. The Morgan fingerprint density at radius 1 is 1.33 bits per heavy atom. The summed E-state index contributed by atoms with van der Waals surface area (Å²) in [4.78, 5) is 4.55. The lowest BCUT2D eigenvalue weighted by Gasteiger charge is -2.34. The largest absolute Gasteiger partial charge is 0.329 e. The molecule has 1 heterocycles. The Balaban J connectivity index is 2.36. The van der Waals surface area contributed by atoms with Gasteiger partial charge in [-0.05, 0) is 19.8 Å². The van der Waals surface area contributed by atoms with Crippen molar-refractivity contribution in [3.8, 4) is 0 Å². The molecule has 0 radical (unpaired) electrons. The van der Waals surface area contributed by atoms with Gasteiger partial charge >= 0.3 is 0 Å². The van der Waals surface area contributed by atoms with Crippen LogP contribution in [-0.4, -0.2) is 21.3 Å². The highest BCUT2D eigenvalue weighted by Crippen LogP contribution is 2.37. The minimum Gasteiger partial charge on any atom is -0.329 e. The zero-order valence-corrected chi connectivity index (χ0v) is 9.66. The normalized spacial score (nSPS) is 20.5. The van der Waals surface area contributed by atoms with Crippen molar-refractivity contribution in [1.29, 1.82) is 0 Å². The Kier molecular flexibility index (Phi) is 2.78. The van der Waals surface area contributed by atoms with Gasteiger partial charge in [0, 0.05) is 19.0 Å². The van der Waals surface area contributed by atoms with E-state index in [9.17, 15) is 0 Å². The van der Waals surface area contributed by atoms with Crippen molar-refractivity contribution in [2.24, 2.45) is 12.8 Å². The SMILES string of the molecule is Cc1nc(C2(CN)CCCCC2)n(C)n1. The highest BCUT2D eigenvalue weighted by atomic mass is 15.3. The first kappa shape index (κ1) is 10.6. The summed E-state index contributed by atoms with van der Waals surface area (Å²) in [6.45, 7) is 2.63. The van der Waals surface area contributed by atoms with Crippen LogP contribution in [0, 0.1) is 6.92 Å². The predicted molar refractivity (Wildman–Crippen MR) is 59.6 cm³/mol. The summed E-state index contributed by atoms with van der Waals surface area (Å²) in [7, 11) is 1.97. The van der Waals surface area contributed by atoms with Gasteiger partial charge < -0.3 is 5.73 Å². The molecule has 0 amide bonds. The van der Waals surface area contributed by atoms with Gasteiger partial charge in [-0.25, -0.2) is 4.98 Å². The molecule has 15 heavy (non-hydrogen) atoms. The molecule has 0 aliphatic heterocycles. The number of aromatic nitrogens is 3. The lowest BCUT2D eigenvalue weighted by atomic mass is 9.73. The van der Waals surface area contributed by atoms with Gasteiger partial charge in [0.15, 0.2) is 0 Å². The Labute approximate surface area is 90.9 Å². The fourth-order valence-electron chi connectivity index (χ4n) is 2.72. The molecule has 1 aromatic rings. The second-order valence-corrected chi connectivity index (χ2v) is 4.65. The van der Waals surface area contributed by atoms with Gasteiger partial charge in [0.2, 0.25) is 0 Å². The fraction of sp³-hybridized carbons (Fsp3) is 0.818. The number of nitrogens with zero attached hydrogens (tertiary/aromatic N) is 3. The molecule has 0 atom stereocenters. The van der Waals surface area contributed by atoms with Crippen LogP contribution in [0.2, 0.25) is 0 Å². The van der Waals surface area contributed by atoms with Crippen molar-refractivity contribution in [1.82, 2.24) is 14.8 Å². The van der Waals surface area contributed by atoms with Crippen molar-refractivity contribution < 1.29 is 0 Å². The van der Waals surface area contributed by atoms with Gasteiger partial charge in [-0.3, -0.25) is 4.68 Å². The van der Waals surface area contributed by atoms with Crippen LogP contribution in [0.1, 0.15) is 43.8 Å². The third-order valence-corrected chi connectivity index (χ3v) is 3.54. The van der Waals surface area contributed by atoms with Crippen LogP contribution < -0.4 is 5.73 Å². The van der Waals surface area contributed by atoms with Crippen LogP contribution in [-0.2, 0) is 12.5 Å². The monoisotopic (exact) mass is 208 g/mol. The smallest absolute Gasteiger partial charge is 0.147 e. The van der Waals surface area contributed by atoms with Crippen LogP contribution in [0.4, 0.5) is 0 Å². The van der Waals surface area contributed by atoms with Crippen molar-refractivity contribution in [2.45, 2.75) is 44.4 Å². The Bertz CT molecular complexity index is 336. The molecule has 2 N–H and O–H groups in total. The molecule has 84 valence electrons. The lowest BCUT2D eigenvalue weighted by Crippen LogP contribution is -2.39. The number of hydrogen-bond donors (Lipinski definition) is 1. The minimum atomic E-state index is 0.0915. The maximum atomic E-state index is 5.97. The van der Waals surface area contributed by atoms with Gasteiger partial charge in [-0.15, -0.1) is 0 Å². The van der Waals surface area contributed by atoms with Crippen molar-refractivity contribution in [3.05, 3.63) is 11.6 Å². The summed E-state index contributed by atoms with van der Waals surface area (Å²) in [5.74, 6) is 1.94. The first-order chi connectivity index (χ1) is 7.18. The molecule has 0 aromatic carbocycles. The van der Waals surface area contributed by atoms with Crippen LogP contribution >= 0.6 is 0 Å². The summed E-state index contributed by atoms with van der Waals surface area (Å²) >= 11 is 0. The molecule has 1 aliphatic rings. The second kappa shape index (κ2) is 3.93. The van der Waals surface area contributed by atoms with E-state index in [4.69, 9.17) is 5.73 Å². The summed E-state index contributed by atoms with van der Waals surface area (Å²) < 4.78 is 1.91. The quantitative estimate of drug-likeness (QED) is 0.796. The average Bonchev–Trinajstić information content (AvgIpc) is 2.59. The van der Waals surface area contributed by atoms with E-state index in [1.165, 1.54) is 19.3 Å². The van der Waals surface area contributed by atoms with Gasteiger partial charge in [-0.1, -0.05) is 19.3 Å². The van der Waals surface area contributed by atoms with E-state index < -0.39 is 0 Å². The molecule has 4 heteroatoms. The van der Waals surface area contributed by atoms with Crippen LogP contribution in [0.5, 0.6) is 0 Å².